The molecule has 192 valence electrons. The Morgan fingerprint density at radius 2 is 1.00 bits per heavy atom. The second-order valence-electron chi connectivity index (χ2n) is 11.1. The molecule has 0 bridgehead atoms. The van der Waals surface area contributed by atoms with Crippen molar-refractivity contribution in [2.24, 2.45) is 0 Å². The van der Waals surface area contributed by atoms with E-state index < -0.39 is 0 Å². The summed E-state index contributed by atoms with van der Waals surface area (Å²) in [5.41, 5.74) is 15.0. The van der Waals surface area contributed by atoms with Crippen LogP contribution in [0.4, 0.5) is 0 Å². The molecule has 0 radical (unpaired) electrons. The van der Waals surface area contributed by atoms with Gasteiger partial charge in [0, 0.05) is 10.4 Å². The van der Waals surface area contributed by atoms with E-state index >= 15 is 0 Å². The summed E-state index contributed by atoms with van der Waals surface area (Å²) in [5.74, 6) is 0. The van der Waals surface area contributed by atoms with Crippen molar-refractivity contribution in [2.75, 3.05) is 0 Å². The first-order valence-corrected chi connectivity index (χ1v) is 14.2. The fraction of sp³-hybridized carbons (Fsp3) is 0.0769. The van der Waals surface area contributed by atoms with Gasteiger partial charge in [0.25, 0.3) is 0 Å². The molecule has 1 aliphatic rings. The Bertz CT molecular complexity index is 1860. The maximum Gasteiger partial charge on any atom is 0.0412 e. The van der Waals surface area contributed by atoms with E-state index in [0.29, 0.717) is 0 Å². The van der Waals surface area contributed by atoms with Crippen LogP contribution in [0, 0.1) is 0 Å². The van der Waals surface area contributed by atoms with Gasteiger partial charge in [-0.1, -0.05) is 141 Å². The van der Waals surface area contributed by atoms with E-state index in [0.717, 1.165) is 16.1 Å². The number of hydrogen-bond acceptors (Lipinski definition) is 0. The molecular formula is C39H29Cl. The molecule has 0 heterocycles. The predicted molar refractivity (Wildman–Crippen MR) is 171 cm³/mol. The molecule has 6 aromatic rings. The summed E-state index contributed by atoms with van der Waals surface area (Å²) in [6.07, 6.45) is 0. The van der Waals surface area contributed by atoms with Crippen LogP contribution in [-0.4, -0.2) is 0 Å². The molecule has 0 aliphatic heterocycles. The number of halogens is 1. The van der Waals surface area contributed by atoms with Gasteiger partial charge in [0.15, 0.2) is 0 Å². The molecule has 7 rings (SSSR count). The molecule has 0 amide bonds. The van der Waals surface area contributed by atoms with Crippen LogP contribution in [-0.2, 0) is 5.41 Å². The smallest absolute Gasteiger partial charge is 0.0412 e. The fourth-order valence-electron chi connectivity index (χ4n) is 6.50. The summed E-state index contributed by atoms with van der Waals surface area (Å²) in [6.45, 7) is 4.75. The van der Waals surface area contributed by atoms with Crippen molar-refractivity contribution in [3.63, 3.8) is 0 Å². The SMILES string of the molecule is CC1(C)c2ccccc2-c2cc(-c3ccccc3)c(-c3cccc(-c4cccc(Cl)c4)c3)c(-c3ccccc3)c21. The summed E-state index contributed by atoms with van der Waals surface area (Å²) in [5, 5.41) is 0.745. The Morgan fingerprint density at radius 1 is 0.425 bits per heavy atom. The highest BCUT2D eigenvalue weighted by molar-refractivity contribution is 6.30. The lowest BCUT2D eigenvalue weighted by Gasteiger charge is -2.28. The van der Waals surface area contributed by atoms with E-state index in [2.05, 4.69) is 135 Å². The van der Waals surface area contributed by atoms with Crippen LogP contribution in [0.25, 0.3) is 55.6 Å². The maximum absolute atomic E-state index is 6.40. The first-order valence-electron chi connectivity index (χ1n) is 13.8. The third kappa shape index (κ3) is 3.99. The highest BCUT2D eigenvalue weighted by Gasteiger charge is 2.39. The lowest BCUT2D eigenvalue weighted by atomic mass is 9.74. The molecule has 0 atom stereocenters. The molecule has 0 spiro atoms. The van der Waals surface area contributed by atoms with Crippen LogP contribution in [0.1, 0.15) is 25.0 Å². The highest BCUT2D eigenvalue weighted by Crippen LogP contribution is 2.57. The van der Waals surface area contributed by atoms with Gasteiger partial charge >= 0.3 is 0 Å². The largest absolute Gasteiger partial charge is 0.0843 e. The van der Waals surface area contributed by atoms with Crippen LogP contribution in [0.3, 0.4) is 0 Å². The molecule has 0 unspecified atom stereocenters. The molecule has 1 heteroatoms. The minimum atomic E-state index is -0.147. The van der Waals surface area contributed by atoms with Gasteiger partial charge in [-0.2, -0.15) is 0 Å². The standard InChI is InChI=1S/C39H29Cl/c1-39(2)35-22-10-9-21-32(35)34-25-33(26-13-5-3-6-14-26)36(37(38(34)39)27-15-7-4-8-16-27)30-19-11-17-28(23-30)29-18-12-20-31(40)24-29/h3-25H,1-2H3. The quantitative estimate of drug-likeness (QED) is 0.212. The molecule has 0 N–H and O–H groups in total. The van der Waals surface area contributed by atoms with Gasteiger partial charge in [0.05, 0.1) is 0 Å². The summed E-state index contributed by atoms with van der Waals surface area (Å²) in [6, 6.07) is 50.1. The number of benzene rings is 6. The topological polar surface area (TPSA) is 0 Å². The average molecular weight is 533 g/mol. The van der Waals surface area contributed by atoms with Crippen LogP contribution in [0.15, 0.2) is 140 Å². The van der Waals surface area contributed by atoms with Gasteiger partial charge in [0.1, 0.15) is 0 Å². The summed E-state index contributed by atoms with van der Waals surface area (Å²) < 4.78 is 0. The summed E-state index contributed by atoms with van der Waals surface area (Å²) in [7, 11) is 0. The van der Waals surface area contributed by atoms with Crippen LogP contribution in [0.2, 0.25) is 5.02 Å². The Balaban J connectivity index is 1.62. The molecule has 1 aliphatic carbocycles. The second-order valence-corrected chi connectivity index (χ2v) is 11.5. The van der Waals surface area contributed by atoms with Gasteiger partial charge in [0.2, 0.25) is 0 Å². The van der Waals surface area contributed by atoms with E-state index in [1.807, 2.05) is 18.2 Å². The van der Waals surface area contributed by atoms with Crippen molar-refractivity contribution >= 4 is 11.6 Å². The Labute approximate surface area is 241 Å². The predicted octanol–water partition coefficient (Wildman–Crippen LogP) is 11.3. The van der Waals surface area contributed by atoms with Crippen molar-refractivity contribution in [3.8, 4) is 55.6 Å². The Morgan fingerprint density at radius 3 is 1.73 bits per heavy atom. The molecule has 40 heavy (non-hydrogen) atoms. The van der Waals surface area contributed by atoms with E-state index in [4.69, 9.17) is 11.6 Å². The van der Waals surface area contributed by atoms with Crippen molar-refractivity contribution in [3.05, 3.63) is 156 Å². The number of rotatable bonds is 4. The zero-order chi connectivity index (χ0) is 27.3. The molecule has 0 fully saturated rings. The third-order valence-electron chi connectivity index (χ3n) is 8.30. The second kappa shape index (κ2) is 9.66. The Hall–Kier alpha value is -4.39. The highest BCUT2D eigenvalue weighted by atomic mass is 35.5. The maximum atomic E-state index is 6.40. The van der Waals surface area contributed by atoms with Crippen molar-refractivity contribution in [1.82, 2.24) is 0 Å². The van der Waals surface area contributed by atoms with Crippen LogP contribution < -0.4 is 0 Å². The van der Waals surface area contributed by atoms with Crippen molar-refractivity contribution in [1.29, 1.82) is 0 Å². The van der Waals surface area contributed by atoms with Crippen LogP contribution in [0.5, 0.6) is 0 Å². The van der Waals surface area contributed by atoms with E-state index in [9.17, 15) is 0 Å². The molecular weight excluding hydrogens is 504 g/mol. The monoisotopic (exact) mass is 532 g/mol. The zero-order valence-corrected chi connectivity index (χ0v) is 23.4. The zero-order valence-electron chi connectivity index (χ0n) is 22.7. The minimum Gasteiger partial charge on any atom is -0.0843 e. The number of fused-ring (bicyclic) bond motifs is 3. The fourth-order valence-corrected chi connectivity index (χ4v) is 6.69. The lowest BCUT2D eigenvalue weighted by Crippen LogP contribution is -2.17. The molecule has 6 aromatic carbocycles. The lowest BCUT2D eigenvalue weighted by molar-refractivity contribution is 0.662. The average Bonchev–Trinajstić information content (AvgIpc) is 3.23. The van der Waals surface area contributed by atoms with Gasteiger partial charge in [-0.25, -0.2) is 0 Å². The van der Waals surface area contributed by atoms with Crippen molar-refractivity contribution in [2.45, 2.75) is 19.3 Å². The van der Waals surface area contributed by atoms with E-state index in [1.165, 1.54) is 55.6 Å². The third-order valence-corrected chi connectivity index (χ3v) is 8.53. The first-order chi connectivity index (χ1) is 19.5. The summed E-state index contributed by atoms with van der Waals surface area (Å²) in [4.78, 5) is 0. The van der Waals surface area contributed by atoms with Crippen molar-refractivity contribution < 1.29 is 0 Å². The van der Waals surface area contributed by atoms with Crippen LogP contribution >= 0.6 is 11.6 Å². The number of hydrogen-bond donors (Lipinski definition) is 0. The molecule has 0 nitrogen and oxygen atoms in total. The first kappa shape index (κ1) is 24.6. The Kier molecular flexibility index (Phi) is 5.95. The molecule has 0 saturated carbocycles. The van der Waals surface area contributed by atoms with E-state index in [1.54, 1.807) is 0 Å². The van der Waals surface area contributed by atoms with E-state index in [-0.39, 0.29) is 5.41 Å². The van der Waals surface area contributed by atoms with Gasteiger partial charge < -0.3 is 0 Å². The normalized spacial score (nSPS) is 13.1. The van der Waals surface area contributed by atoms with Gasteiger partial charge in [-0.3, -0.25) is 0 Å². The summed E-state index contributed by atoms with van der Waals surface area (Å²) >= 11 is 6.40. The minimum absolute atomic E-state index is 0.147. The van der Waals surface area contributed by atoms with Gasteiger partial charge in [-0.05, 0) is 91.0 Å². The van der Waals surface area contributed by atoms with Gasteiger partial charge in [-0.15, -0.1) is 0 Å². The molecule has 0 saturated heterocycles. The molecule has 0 aromatic heterocycles.